The van der Waals surface area contributed by atoms with Crippen molar-refractivity contribution in [3.63, 3.8) is 0 Å². The molecule has 2 aromatic carbocycles. The van der Waals surface area contributed by atoms with Crippen molar-refractivity contribution in [2.45, 2.75) is 38.0 Å². The summed E-state index contributed by atoms with van der Waals surface area (Å²) in [5, 5.41) is 7.31. The average Bonchev–Trinajstić information content (AvgIpc) is 3.52. The molecule has 0 bridgehead atoms. The molecule has 1 amide bonds. The van der Waals surface area contributed by atoms with Crippen molar-refractivity contribution >= 4 is 17.4 Å². The van der Waals surface area contributed by atoms with Crippen molar-refractivity contribution in [2.75, 3.05) is 11.5 Å². The highest BCUT2D eigenvalue weighted by Crippen LogP contribution is 2.27. The summed E-state index contributed by atoms with van der Waals surface area (Å²) in [6.07, 6.45) is 7.96. The summed E-state index contributed by atoms with van der Waals surface area (Å²) >= 11 is 0. The van der Waals surface area contributed by atoms with Crippen LogP contribution < -0.4 is 16.8 Å². The first-order chi connectivity index (χ1) is 17.5. The summed E-state index contributed by atoms with van der Waals surface area (Å²) in [6.45, 7) is 0.481. The van der Waals surface area contributed by atoms with Gasteiger partial charge in [-0.1, -0.05) is 36.4 Å². The number of anilines is 2. The number of nitrogen functional groups attached to an aromatic ring is 2. The molecule has 2 heterocycles. The fourth-order valence-electron chi connectivity index (χ4n) is 4.64. The second kappa shape index (κ2) is 10.2. The van der Waals surface area contributed by atoms with E-state index in [9.17, 15) is 4.79 Å². The van der Waals surface area contributed by atoms with Crippen LogP contribution in [0.5, 0.6) is 0 Å². The minimum Gasteiger partial charge on any atom is -0.399 e. The molecule has 0 aliphatic heterocycles. The number of nitrogens with zero attached hydrogens (tertiary/aromatic N) is 3. The molecule has 1 aliphatic carbocycles. The van der Waals surface area contributed by atoms with E-state index in [0.717, 1.165) is 52.8 Å². The largest absolute Gasteiger partial charge is 0.399 e. The van der Waals surface area contributed by atoms with Crippen LogP contribution in [0.2, 0.25) is 0 Å². The molecule has 0 radical (unpaired) electrons. The number of nitrogens with two attached hydrogens (primary N) is 2. The van der Waals surface area contributed by atoms with Gasteiger partial charge in [0.2, 0.25) is 0 Å². The quantitative estimate of drug-likeness (QED) is 0.340. The summed E-state index contributed by atoms with van der Waals surface area (Å²) in [4.78, 5) is 17.3. The van der Waals surface area contributed by atoms with E-state index in [4.69, 9.17) is 16.2 Å². The lowest BCUT2D eigenvalue weighted by Crippen LogP contribution is -2.41. The Morgan fingerprint density at radius 3 is 2.61 bits per heavy atom. The van der Waals surface area contributed by atoms with Crippen molar-refractivity contribution in [3.05, 3.63) is 84.3 Å². The Hall–Kier alpha value is -4.17. The number of pyridine rings is 1. The zero-order valence-electron chi connectivity index (χ0n) is 20.2. The first-order valence-electron chi connectivity index (χ1n) is 12.1. The molecule has 0 saturated heterocycles. The number of carbonyl (C=O) groups excluding carboxylic acids is 1. The second-order valence-corrected chi connectivity index (χ2v) is 9.24. The van der Waals surface area contributed by atoms with E-state index in [1.807, 2.05) is 37.5 Å². The number of ether oxygens (including phenoxy) is 1. The first-order valence-corrected chi connectivity index (χ1v) is 12.1. The number of benzene rings is 2. The lowest BCUT2D eigenvalue weighted by Gasteiger charge is -2.22. The van der Waals surface area contributed by atoms with Crippen LogP contribution in [-0.4, -0.2) is 32.8 Å². The predicted octanol–water partition coefficient (Wildman–Crippen LogP) is 4.18. The van der Waals surface area contributed by atoms with Gasteiger partial charge in [-0.05, 0) is 54.2 Å². The van der Waals surface area contributed by atoms with Gasteiger partial charge in [-0.2, -0.15) is 5.10 Å². The topological polar surface area (TPSA) is 121 Å². The number of aryl methyl sites for hydroxylation is 1. The predicted molar refractivity (Wildman–Crippen MR) is 141 cm³/mol. The van der Waals surface area contributed by atoms with Crippen LogP contribution >= 0.6 is 0 Å². The SMILES string of the molecule is Cn1cc(-c2cnc(N)c(C(=O)N[C@H]3CCC[C@@H]3OCc3ccc(-c4cccc(N)c4)cc3)c2)cn1. The fraction of sp³-hybridized carbons (Fsp3) is 0.250. The fourth-order valence-corrected chi connectivity index (χ4v) is 4.64. The van der Waals surface area contributed by atoms with Gasteiger partial charge in [-0.15, -0.1) is 0 Å². The molecule has 4 aromatic rings. The Labute approximate surface area is 210 Å². The highest BCUT2D eigenvalue weighted by atomic mass is 16.5. The number of hydrogen-bond donors (Lipinski definition) is 3. The average molecular weight is 483 g/mol. The zero-order chi connectivity index (χ0) is 25.1. The van der Waals surface area contributed by atoms with Crippen molar-refractivity contribution in [2.24, 2.45) is 7.05 Å². The normalized spacial score (nSPS) is 17.2. The van der Waals surface area contributed by atoms with Crippen LogP contribution in [-0.2, 0) is 18.4 Å². The second-order valence-electron chi connectivity index (χ2n) is 9.24. The van der Waals surface area contributed by atoms with Gasteiger partial charge in [-0.25, -0.2) is 4.98 Å². The minimum atomic E-state index is -0.238. The van der Waals surface area contributed by atoms with E-state index in [2.05, 4.69) is 39.7 Å². The molecule has 1 saturated carbocycles. The van der Waals surface area contributed by atoms with Crippen molar-refractivity contribution in [1.82, 2.24) is 20.1 Å². The Kier molecular flexibility index (Phi) is 6.69. The molecule has 0 spiro atoms. The number of amides is 1. The standard InChI is InChI=1S/C28H30N6O2/c1-34-16-22(15-32-34)21-13-24(27(30)31-14-21)28(35)33-25-6-3-7-26(25)36-17-18-8-10-19(11-9-18)20-4-2-5-23(29)12-20/h2,4-5,8-16,25-26H,3,6-7,17,29H2,1H3,(H2,30,31)(H,33,35)/t25-,26-/m0/s1. The molecule has 2 atom stereocenters. The monoisotopic (exact) mass is 482 g/mol. The van der Waals surface area contributed by atoms with Gasteiger partial charge in [0.1, 0.15) is 5.82 Å². The zero-order valence-corrected chi connectivity index (χ0v) is 20.2. The molecule has 2 aromatic heterocycles. The summed E-state index contributed by atoms with van der Waals surface area (Å²) in [5.74, 6) is -0.0337. The Balaban J connectivity index is 1.21. The molecule has 0 unspecified atom stereocenters. The molecule has 5 rings (SSSR count). The van der Waals surface area contributed by atoms with Crippen LogP contribution in [0.4, 0.5) is 11.5 Å². The van der Waals surface area contributed by atoms with Crippen LogP contribution in [0.15, 0.2) is 73.2 Å². The van der Waals surface area contributed by atoms with Crippen LogP contribution in [0.25, 0.3) is 22.3 Å². The first kappa shape index (κ1) is 23.6. The van der Waals surface area contributed by atoms with E-state index in [0.29, 0.717) is 12.2 Å². The molecule has 5 N–H and O–H groups in total. The van der Waals surface area contributed by atoms with Gasteiger partial charge in [0.25, 0.3) is 5.91 Å². The Morgan fingerprint density at radius 2 is 1.86 bits per heavy atom. The number of rotatable bonds is 7. The van der Waals surface area contributed by atoms with E-state index >= 15 is 0 Å². The van der Waals surface area contributed by atoms with Crippen LogP contribution in [0.1, 0.15) is 35.2 Å². The molecular formula is C28H30N6O2. The van der Waals surface area contributed by atoms with Gasteiger partial charge in [0, 0.05) is 36.3 Å². The number of carbonyl (C=O) groups is 1. The number of aromatic nitrogens is 3. The molecule has 36 heavy (non-hydrogen) atoms. The third kappa shape index (κ3) is 5.23. The van der Waals surface area contributed by atoms with Gasteiger partial charge < -0.3 is 21.5 Å². The van der Waals surface area contributed by atoms with Crippen LogP contribution in [0.3, 0.4) is 0 Å². The maximum Gasteiger partial charge on any atom is 0.255 e. The summed E-state index contributed by atoms with van der Waals surface area (Å²) < 4.78 is 7.94. The van der Waals surface area contributed by atoms with E-state index in [1.165, 1.54) is 0 Å². The number of hydrogen-bond acceptors (Lipinski definition) is 6. The van der Waals surface area contributed by atoms with Gasteiger partial charge in [0.15, 0.2) is 0 Å². The van der Waals surface area contributed by atoms with Crippen molar-refractivity contribution in [3.8, 4) is 22.3 Å². The smallest absolute Gasteiger partial charge is 0.255 e. The minimum absolute atomic E-state index is 0.0572. The van der Waals surface area contributed by atoms with Crippen molar-refractivity contribution < 1.29 is 9.53 Å². The van der Waals surface area contributed by atoms with Gasteiger partial charge >= 0.3 is 0 Å². The molecule has 1 fully saturated rings. The van der Waals surface area contributed by atoms with E-state index in [1.54, 1.807) is 23.1 Å². The highest BCUT2D eigenvalue weighted by Gasteiger charge is 2.30. The van der Waals surface area contributed by atoms with Crippen LogP contribution in [0, 0.1) is 0 Å². The highest BCUT2D eigenvalue weighted by molar-refractivity contribution is 5.99. The third-order valence-electron chi connectivity index (χ3n) is 6.61. The molecule has 8 nitrogen and oxygen atoms in total. The lowest BCUT2D eigenvalue weighted by atomic mass is 10.0. The number of nitrogens with one attached hydrogen (secondary N) is 1. The van der Waals surface area contributed by atoms with Crippen molar-refractivity contribution in [1.29, 1.82) is 0 Å². The summed E-state index contributed by atoms with van der Waals surface area (Å²) in [6, 6.07) is 17.8. The Bertz CT molecular complexity index is 1360. The van der Waals surface area contributed by atoms with E-state index < -0.39 is 0 Å². The molecular weight excluding hydrogens is 452 g/mol. The Morgan fingerprint density at radius 1 is 1.03 bits per heavy atom. The lowest BCUT2D eigenvalue weighted by molar-refractivity contribution is 0.0272. The third-order valence-corrected chi connectivity index (χ3v) is 6.61. The molecule has 184 valence electrons. The van der Waals surface area contributed by atoms with Gasteiger partial charge in [0.05, 0.1) is 30.5 Å². The summed E-state index contributed by atoms with van der Waals surface area (Å²) in [7, 11) is 1.84. The maximum atomic E-state index is 13.1. The maximum absolute atomic E-state index is 13.1. The van der Waals surface area contributed by atoms with Gasteiger partial charge in [-0.3, -0.25) is 9.48 Å². The molecule has 8 heteroatoms. The molecule has 1 aliphatic rings. The van der Waals surface area contributed by atoms with E-state index in [-0.39, 0.29) is 23.9 Å². The summed E-state index contributed by atoms with van der Waals surface area (Å²) in [5.41, 5.74) is 18.0.